The number of benzene rings is 1. The van der Waals surface area contributed by atoms with E-state index in [1.54, 1.807) is 0 Å². The number of hydrogen-bond acceptors (Lipinski definition) is 2. The Kier molecular flexibility index (Phi) is 3.55. The molecule has 0 aliphatic rings. The van der Waals surface area contributed by atoms with E-state index in [1.807, 2.05) is 37.3 Å². The van der Waals surface area contributed by atoms with Crippen LogP contribution < -0.4 is 5.73 Å². The summed E-state index contributed by atoms with van der Waals surface area (Å²) in [5.41, 5.74) is 8.21. The van der Waals surface area contributed by atoms with Crippen LogP contribution in [0.25, 0.3) is 0 Å². The third-order valence-corrected chi connectivity index (χ3v) is 4.18. The predicted octanol–water partition coefficient (Wildman–Crippen LogP) is 4.41. The molecule has 4 heteroatoms. The summed E-state index contributed by atoms with van der Waals surface area (Å²) in [5.74, 6) is 0. The molecule has 0 aliphatic carbocycles. The first kappa shape index (κ1) is 11.9. The molecule has 0 spiro atoms. The number of halogens is 2. The molecule has 0 fully saturated rings. The van der Waals surface area contributed by atoms with Gasteiger partial charge >= 0.3 is 0 Å². The Labute approximate surface area is 109 Å². The Hall–Kier alpha value is -0.540. The van der Waals surface area contributed by atoms with Gasteiger partial charge in [-0.05, 0) is 36.2 Å². The summed E-state index contributed by atoms with van der Waals surface area (Å²) in [5, 5.41) is 0.746. The van der Waals surface area contributed by atoms with Crippen LogP contribution in [0.15, 0.2) is 30.3 Å². The Morgan fingerprint density at radius 1 is 1.19 bits per heavy atom. The van der Waals surface area contributed by atoms with Crippen molar-refractivity contribution in [2.24, 2.45) is 5.73 Å². The van der Waals surface area contributed by atoms with E-state index in [0.717, 1.165) is 25.4 Å². The van der Waals surface area contributed by atoms with Crippen LogP contribution >= 0.6 is 34.5 Å². The van der Waals surface area contributed by atoms with Crippen LogP contribution in [0.1, 0.15) is 22.0 Å². The normalized spacial score (nSPS) is 12.8. The largest absolute Gasteiger partial charge is 0.320 e. The first-order valence-electron chi connectivity index (χ1n) is 4.85. The minimum absolute atomic E-state index is 0.157. The molecule has 1 aromatic carbocycles. The average Bonchev–Trinajstić information content (AvgIpc) is 2.68. The SMILES string of the molecule is Cc1ccc(C(N)c2ccc(Cl)s2)cc1Cl. The molecule has 0 saturated carbocycles. The van der Waals surface area contributed by atoms with Crippen molar-refractivity contribution in [3.63, 3.8) is 0 Å². The van der Waals surface area contributed by atoms with Gasteiger partial charge in [-0.1, -0.05) is 35.3 Å². The van der Waals surface area contributed by atoms with E-state index in [0.29, 0.717) is 0 Å². The van der Waals surface area contributed by atoms with Gasteiger partial charge in [0.1, 0.15) is 0 Å². The van der Waals surface area contributed by atoms with E-state index in [4.69, 9.17) is 28.9 Å². The molecule has 16 heavy (non-hydrogen) atoms. The fourth-order valence-corrected chi connectivity index (χ4v) is 2.74. The lowest BCUT2D eigenvalue weighted by Gasteiger charge is -2.11. The molecule has 2 N–H and O–H groups in total. The van der Waals surface area contributed by atoms with Crippen LogP contribution in [0.4, 0.5) is 0 Å². The summed E-state index contributed by atoms with van der Waals surface area (Å²) in [6.07, 6.45) is 0. The first-order valence-corrected chi connectivity index (χ1v) is 6.42. The summed E-state index contributed by atoms with van der Waals surface area (Å²) >= 11 is 13.5. The molecule has 0 bridgehead atoms. The minimum Gasteiger partial charge on any atom is -0.320 e. The van der Waals surface area contributed by atoms with Gasteiger partial charge in [0.05, 0.1) is 10.4 Å². The molecule has 2 rings (SSSR count). The Bertz CT molecular complexity index is 507. The molecule has 84 valence electrons. The summed E-state index contributed by atoms with van der Waals surface area (Å²) in [6, 6.07) is 9.54. The maximum Gasteiger partial charge on any atom is 0.0931 e. The highest BCUT2D eigenvalue weighted by atomic mass is 35.5. The number of rotatable bonds is 2. The zero-order chi connectivity index (χ0) is 11.7. The highest BCUT2D eigenvalue weighted by molar-refractivity contribution is 7.16. The first-order chi connectivity index (χ1) is 7.58. The third kappa shape index (κ3) is 2.41. The summed E-state index contributed by atoms with van der Waals surface area (Å²) < 4.78 is 0.753. The highest BCUT2D eigenvalue weighted by Crippen LogP contribution is 2.30. The molecule has 1 nitrogen and oxygen atoms in total. The van der Waals surface area contributed by atoms with Crippen LogP contribution in [-0.4, -0.2) is 0 Å². The lowest BCUT2D eigenvalue weighted by molar-refractivity contribution is 0.893. The molecule has 0 amide bonds. The van der Waals surface area contributed by atoms with Crippen molar-refractivity contribution in [2.45, 2.75) is 13.0 Å². The minimum atomic E-state index is -0.157. The summed E-state index contributed by atoms with van der Waals surface area (Å²) in [6.45, 7) is 1.97. The van der Waals surface area contributed by atoms with E-state index in [9.17, 15) is 0 Å². The number of thiophene rings is 1. The Morgan fingerprint density at radius 2 is 1.94 bits per heavy atom. The predicted molar refractivity (Wildman–Crippen MR) is 71.5 cm³/mol. The van der Waals surface area contributed by atoms with E-state index >= 15 is 0 Å². The molecular weight excluding hydrogens is 261 g/mol. The van der Waals surface area contributed by atoms with Gasteiger partial charge in [-0.2, -0.15) is 0 Å². The fourth-order valence-electron chi connectivity index (χ4n) is 1.46. The van der Waals surface area contributed by atoms with E-state index in [-0.39, 0.29) is 6.04 Å². The highest BCUT2D eigenvalue weighted by Gasteiger charge is 2.12. The third-order valence-electron chi connectivity index (χ3n) is 2.46. The van der Waals surface area contributed by atoms with E-state index in [1.165, 1.54) is 11.3 Å². The average molecular weight is 272 g/mol. The number of aryl methyl sites for hydroxylation is 1. The smallest absolute Gasteiger partial charge is 0.0931 e. The van der Waals surface area contributed by atoms with Crippen molar-refractivity contribution in [2.75, 3.05) is 0 Å². The number of nitrogens with two attached hydrogens (primary N) is 1. The summed E-state index contributed by atoms with van der Waals surface area (Å²) in [7, 11) is 0. The quantitative estimate of drug-likeness (QED) is 0.860. The van der Waals surface area contributed by atoms with Crippen molar-refractivity contribution in [1.82, 2.24) is 0 Å². The van der Waals surface area contributed by atoms with Crippen LogP contribution in [0.2, 0.25) is 9.36 Å². The van der Waals surface area contributed by atoms with Gasteiger partial charge in [-0.15, -0.1) is 11.3 Å². The fraction of sp³-hybridized carbons (Fsp3) is 0.167. The molecule has 0 saturated heterocycles. The van der Waals surface area contributed by atoms with E-state index in [2.05, 4.69) is 0 Å². The van der Waals surface area contributed by atoms with Crippen LogP contribution in [-0.2, 0) is 0 Å². The second-order valence-electron chi connectivity index (χ2n) is 3.63. The van der Waals surface area contributed by atoms with Gasteiger partial charge in [0, 0.05) is 9.90 Å². The molecule has 1 aromatic heterocycles. The molecule has 0 aliphatic heterocycles. The lowest BCUT2D eigenvalue weighted by Crippen LogP contribution is -2.10. The Balaban J connectivity index is 2.33. The van der Waals surface area contributed by atoms with Crippen LogP contribution in [0.3, 0.4) is 0 Å². The zero-order valence-corrected chi connectivity index (χ0v) is 11.0. The van der Waals surface area contributed by atoms with Crippen molar-refractivity contribution in [3.8, 4) is 0 Å². The summed E-state index contributed by atoms with van der Waals surface area (Å²) in [4.78, 5) is 1.05. The lowest BCUT2D eigenvalue weighted by atomic mass is 10.0. The van der Waals surface area contributed by atoms with Gasteiger partial charge in [-0.25, -0.2) is 0 Å². The van der Waals surface area contributed by atoms with Crippen molar-refractivity contribution < 1.29 is 0 Å². The molecule has 1 unspecified atom stereocenters. The molecule has 0 radical (unpaired) electrons. The second kappa shape index (κ2) is 4.76. The van der Waals surface area contributed by atoms with Crippen molar-refractivity contribution in [3.05, 3.63) is 55.7 Å². The van der Waals surface area contributed by atoms with Gasteiger partial charge in [-0.3, -0.25) is 0 Å². The monoisotopic (exact) mass is 271 g/mol. The second-order valence-corrected chi connectivity index (χ2v) is 5.78. The van der Waals surface area contributed by atoms with Crippen molar-refractivity contribution >= 4 is 34.5 Å². The zero-order valence-electron chi connectivity index (χ0n) is 8.71. The maximum absolute atomic E-state index is 6.14. The molecule has 1 atom stereocenters. The van der Waals surface area contributed by atoms with Crippen LogP contribution in [0.5, 0.6) is 0 Å². The van der Waals surface area contributed by atoms with Crippen LogP contribution in [0, 0.1) is 6.92 Å². The van der Waals surface area contributed by atoms with E-state index < -0.39 is 0 Å². The standard InChI is InChI=1S/C12H11Cl2NS/c1-7-2-3-8(6-9(7)13)12(15)10-4-5-11(14)16-10/h2-6,12H,15H2,1H3. The Morgan fingerprint density at radius 3 is 2.50 bits per heavy atom. The van der Waals surface area contributed by atoms with Gasteiger partial charge < -0.3 is 5.73 Å². The topological polar surface area (TPSA) is 26.0 Å². The van der Waals surface area contributed by atoms with Gasteiger partial charge in [0.2, 0.25) is 0 Å². The molecule has 2 aromatic rings. The number of hydrogen-bond donors (Lipinski definition) is 1. The van der Waals surface area contributed by atoms with Gasteiger partial charge in [0.15, 0.2) is 0 Å². The van der Waals surface area contributed by atoms with Crippen molar-refractivity contribution in [1.29, 1.82) is 0 Å². The van der Waals surface area contributed by atoms with Gasteiger partial charge in [0.25, 0.3) is 0 Å². The molecule has 1 heterocycles. The molecular formula is C12H11Cl2NS. The maximum atomic E-state index is 6.14.